The largest absolute Gasteiger partial charge is 0.416 e. The van der Waals surface area contributed by atoms with Gasteiger partial charge in [-0.1, -0.05) is 35.3 Å². The van der Waals surface area contributed by atoms with Crippen LogP contribution in [0.5, 0.6) is 0 Å². The van der Waals surface area contributed by atoms with Gasteiger partial charge >= 0.3 is 18.0 Å². The van der Waals surface area contributed by atoms with Crippen molar-refractivity contribution in [2.45, 2.75) is 6.18 Å². The number of anilines is 2. The minimum Gasteiger partial charge on any atom is -0.316 e. The Morgan fingerprint density at radius 1 is 0.833 bits per heavy atom. The van der Waals surface area contributed by atoms with Crippen molar-refractivity contribution in [2.24, 2.45) is 0 Å². The highest BCUT2D eigenvalue weighted by atomic mass is 35.5. The standard InChI is InChI=1S/C15H9Cl2F3N2O2/c16-9-3-1-2-4-11(9)21-13(23)14(24)22-12-7-8(15(18,19)20)5-6-10(12)17/h1-7H,(H,21,23)(H,22,24). The first-order valence-corrected chi connectivity index (χ1v) is 7.17. The molecule has 2 aromatic carbocycles. The topological polar surface area (TPSA) is 58.2 Å². The third kappa shape index (κ3) is 4.39. The van der Waals surface area contributed by atoms with E-state index in [4.69, 9.17) is 23.2 Å². The predicted molar refractivity (Wildman–Crippen MR) is 85.2 cm³/mol. The van der Waals surface area contributed by atoms with E-state index in [0.717, 1.165) is 12.1 Å². The van der Waals surface area contributed by atoms with Gasteiger partial charge in [-0.15, -0.1) is 0 Å². The van der Waals surface area contributed by atoms with Gasteiger partial charge in [-0.25, -0.2) is 0 Å². The maximum Gasteiger partial charge on any atom is 0.416 e. The van der Waals surface area contributed by atoms with E-state index >= 15 is 0 Å². The van der Waals surface area contributed by atoms with Crippen molar-refractivity contribution in [3.63, 3.8) is 0 Å². The van der Waals surface area contributed by atoms with Crippen LogP contribution in [0.4, 0.5) is 24.5 Å². The maximum atomic E-state index is 12.7. The van der Waals surface area contributed by atoms with Crippen LogP contribution in [-0.4, -0.2) is 11.8 Å². The smallest absolute Gasteiger partial charge is 0.316 e. The molecule has 2 amide bonds. The Hall–Kier alpha value is -2.25. The summed E-state index contributed by atoms with van der Waals surface area (Å²) in [5, 5.41) is 4.35. The molecule has 2 rings (SSSR count). The molecule has 9 heteroatoms. The molecule has 0 saturated heterocycles. The molecule has 0 radical (unpaired) electrons. The van der Waals surface area contributed by atoms with Crippen LogP contribution in [0.3, 0.4) is 0 Å². The van der Waals surface area contributed by atoms with E-state index in [1.807, 2.05) is 5.32 Å². The minimum atomic E-state index is -4.61. The van der Waals surface area contributed by atoms with Crippen molar-refractivity contribution in [1.29, 1.82) is 0 Å². The third-order valence-electron chi connectivity index (χ3n) is 2.87. The second-order valence-corrected chi connectivity index (χ2v) is 5.39. The number of benzene rings is 2. The molecule has 0 atom stereocenters. The normalized spacial score (nSPS) is 11.0. The predicted octanol–water partition coefficient (Wildman–Crippen LogP) is 4.59. The van der Waals surface area contributed by atoms with Gasteiger partial charge in [0.1, 0.15) is 0 Å². The second kappa shape index (κ2) is 7.11. The number of rotatable bonds is 2. The van der Waals surface area contributed by atoms with Gasteiger partial charge in [-0.3, -0.25) is 9.59 Å². The van der Waals surface area contributed by atoms with Crippen molar-refractivity contribution < 1.29 is 22.8 Å². The van der Waals surface area contributed by atoms with Crippen molar-refractivity contribution >= 4 is 46.4 Å². The highest BCUT2D eigenvalue weighted by Crippen LogP contribution is 2.33. The zero-order chi connectivity index (χ0) is 17.9. The molecule has 0 aliphatic rings. The molecule has 24 heavy (non-hydrogen) atoms. The van der Waals surface area contributed by atoms with Crippen molar-refractivity contribution in [3.8, 4) is 0 Å². The summed E-state index contributed by atoms with van der Waals surface area (Å²) in [4.78, 5) is 23.7. The van der Waals surface area contributed by atoms with Gasteiger partial charge in [0.15, 0.2) is 0 Å². The van der Waals surface area contributed by atoms with Crippen LogP contribution >= 0.6 is 23.2 Å². The molecule has 0 heterocycles. The van der Waals surface area contributed by atoms with E-state index < -0.39 is 23.6 Å². The van der Waals surface area contributed by atoms with Crippen LogP contribution in [0, 0.1) is 0 Å². The molecule has 126 valence electrons. The number of hydrogen-bond donors (Lipinski definition) is 2. The molecular formula is C15H9Cl2F3N2O2. The fraction of sp³-hybridized carbons (Fsp3) is 0.0667. The van der Waals surface area contributed by atoms with Crippen LogP contribution < -0.4 is 10.6 Å². The molecule has 0 saturated carbocycles. The highest BCUT2D eigenvalue weighted by molar-refractivity contribution is 6.45. The number of alkyl halides is 3. The van der Waals surface area contributed by atoms with Gasteiger partial charge in [0.05, 0.1) is 27.0 Å². The fourth-order valence-electron chi connectivity index (χ4n) is 1.72. The molecule has 0 unspecified atom stereocenters. The zero-order valence-electron chi connectivity index (χ0n) is 11.7. The summed E-state index contributed by atoms with van der Waals surface area (Å²) in [6, 6.07) is 8.56. The highest BCUT2D eigenvalue weighted by Gasteiger charge is 2.31. The SMILES string of the molecule is O=C(Nc1ccccc1Cl)C(=O)Nc1cc(C(F)(F)F)ccc1Cl. The Labute approximate surface area is 144 Å². The Kier molecular flexibility index (Phi) is 5.36. The van der Waals surface area contributed by atoms with Crippen LogP contribution in [0.25, 0.3) is 0 Å². The number of nitrogens with one attached hydrogen (secondary N) is 2. The van der Waals surface area contributed by atoms with Crippen molar-refractivity contribution in [3.05, 3.63) is 58.1 Å². The first kappa shape index (κ1) is 18.1. The van der Waals surface area contributed by atoms with E-state index in [-0.39, 0.29) is 21.4 Å². The fourth-order valence-corrected chi connectivity index (χ4v) is 2.07. The average Bonchev–Trinajstić information content (AvgIpc) is 2.50. The van der Waals surface area contributed by atoms with Crippen LogP contribution in [-0.2, 0) is 15.8 Å². The molecular weight excluding hydrogens is 368 g/mol. The Morgan fingerprint density at radius 3 is 1.96 bits per heavy atom. The molecule has 0 aromatic heterocycles. The molecule has 0 aliphatic carbocycles. The van der Waals surface area contributed by atoms with Crippen molar-refractivity contribution in [2.75, 3.05) is 10.6 Å². The van der Waals surface area contributed by atoms with Crippen LogP contribution in [0.2, 0.25) is 10.0 Å². The number of carbonyl (C=O) groups is 2. The van der Waals surface area contributed by atoms with Crippen molar-refractivity contribution in [1.82, 2.24) is 0 Å². The summed E-state index contributed by atoms with van der Waals surface area (Å²) in [7, 11) is 0. The number of hydrogen-bond acceptors (Lipinski definition) is 2. The number of halogens is 5. The molecule has 0 bridgehead atoms. The van der Waals surface area contributed by atoms with E-state index in [0.29, 0.717) is 6.07 Å². The monoisotopic (exact) mass is 376 g/mol. The lowest BCUT2D eigenvalue weighted by molar-refractivity contribution is -0.137. The first-order chi connectivity index (χ1) is 11.2. The Morgan fingerprint density at radius 2 is 1.38 bits per heavy atom. The summed E-state index contributed by atoms with van der Waals surface area (Å²) in [5.41, 5.74) is -1.14. The first-order valence-electron chi connectivity index (χ1n) is 6.42. The van der Waals surface area contributed by atoms with E-state index in [2.05, 4.69) is 5.32 Å². The molecule has 0 fully saturated rings. The number of carbonyl (C=O) groups excluding carboxylic acids is 2. The van der Waals surface area contributed by atoms with E-state index in [1.54, 1.807) is 12.1 Å². The Bertz CT molecular complexity index is 795. The maximum absolute atomic E-state index is 12.7. The molecule has 4 nitrogen and oxygen atoms in total. The lowest BCUT2D eigenvalue weighted by Gasteiger charge is -2.12. The molecule has 0 aliphatic heterocycles. The zero-order valence-corrected chi connectivity index (χ0v) is 13.3. The van der Waals surface area contributed by atoms with Gasteiger partial charge in [0, 0.05) is 0 Å². The molecule has 2 aromatic rings. The van der Waals surface area contributed by atoms with Gasteiger partial charge in [-0.05, 0) is 30.3 Å². The lowest BCUT2D eigenvalue weighted by Crippen LogP contribution is -2.29. The van der Waals surface area contributed by atoms with E-state index in [9.17, 15) is 22.8 Å². The van der Waals surface area contributed by atoms with E-state index in [1.165, 1.54) is 12.1 Å². The third-order valence-corrected chi connectivity index (χ3v) is 3.53. The minimum absolute atomic E-state index is 0.137. The summed E-state index contributed by atoms with van der Waals surface area (Å²) < 4.78 is 38.0. The molecule has 2 N–H and O–H groups in total. The summed E-state index contributed by atoms with van der Waals surface area (Å²) in [6.07, 6.45) is -4.61. The van der Waals surface area contributed by atoms with Gasteiger partial charge in [0.25, 0.3) is 0 Å². The van der Waals surface area contributed by atoms with Gasteiger partial charge in [-0.2, -0.15) is 13.2 Å². The van der Waals surface area contributed by atoms with Gasteiger partial charge < -0.3 is 10.6 Å². The number of amides is 2. The Balaban J connectivity index is 2.15. The summed E-state index contributed by atoms with van der Waals surface area (Å²) in [6.45, 7) is 0. The molecule has 0 spiro atoms. The van der Waals surface area contributed by atoms with Crippen LogP contribution in [0.1, 0.15) is 5.56 Å². The summed E-state index contributed by atoms with van der Waals surface area (Å²) >= 11 is 11.6. The number of para-hydroxylation sites is 1. The van der Waals surface area contributed by atoms with Crippen LogP contribution in [0.15, 0.2) is 42.5 Å². The second-order valence-electron chi connectivity index (χ2n) is 4.58. The average molecular weight is 377 g/mol. The summed E-state index contributed by atoms with van der Waals surface area (Å²) in [5.74, 6) is -2.28. The quantitative estimate of drug-likeness (QED) is 0.753. The van der Waals surface area contributed by atoms with Gasteiger partial charge in [0.2, 0.25) is 0 Å². The lowest BCUT2D eigenvalue weighted by atomic mass is 10.2.